The maximum atomic E-state index is 12.8. The van der Waals surface area contributed by atoms with Crippen molar-refractivity contribution in [2.45, 2.75) is 12.6 Å². The van der Waals surface area contributed by atoms with Gasteiger partial charge in [-0.05, 0) is 35.4 Å². The first-order chi connectivity index (χ1) is 13.5. The zero-order valence-electron chi connectivity index (χ0n) is 15.7. The van der Waals surface area contributed by atoms with Crippen LogP contribution in [0.3, 0.4) is 0 Å². The molecule has 0 aromatic heterocycles. The minimum absolute atomic E-state index is 0.107. The molecule has 1 aliphatic rings. The molecule has 2 unspecified atom stereocenters. The number of rotatable bonds is 6. The first kappa shape index (κ1) is 19.3. The standard InChI is InChI=1S/C21H22N2O5/c1-13-18(20(24)28-12-14-4-8-16(26-2)9-5-14)19(23-21(25)22-13)15-6-10-17(27-3)11-7-15/h4-11,18-19H,1,12H2,2-3H3,(H2,22,23,25). The first-order valence-electron chi connectivity index (χ1n) is 8.71. The number of hydrogen-bond acceptors (Lipinski definition) is 5. The van der Waals surface area contributed by atoms with Gasteiger partial charge < -0.3 is 24.8 Å². The highest BCUT2D eigenvalue weighted by atomic mass is 16.5. The summed E-state index contributed by atoms with van der Waals surface area (Å²) in [6, 6.07) is 13.4. The van der Waals surface area contributed by atoms with E-state index in [0.717, 1.165) is 16.9 Å². The van der Waals surface area contributed by atoms with E-state index in [-0.39, 0.29) is 6.61 Å². The summed E-state index contributed by atoms with van der Waals surface area (Å²) in [6.07, 6.45) is 0. The number of hydrogen-bond donors (Lipinski definition) is 2. The topological polar surface area (TPSA) is 85.9 Å². The van der Waals surface area contributed by atoms with Gasteiger partial charge in [0.1, 0.15) is 24.0 Å². The highest BCUT2D eigenvalue weighted by Gasteiger charge is 2.38. The fourth-order valence-corrected chi connectivity index (χ4v) is 3.02. The lowest BCUT2D eigenvalue weighted by Gasteiger charge is -2.33. The summed E-state index contributed by atoms with van der Waals surface area (Å²) in [5, 5.41) is 5.33. The Morgan fingerprint density at radius 2 is 1.57 bits per heavy atom. The normalized spacial score (nSPS) is 18.6. The molecular weight excluding hydrogens is 360 g/mol. The number of benzene rings is 2. The molecule has 2 aromatic carbocycles. The number of urea groups is 1. The summed E-state index contributed by atoms with van der Waals surface area (Å²) < 4.78 is 15.8. The third-order valence-corrected chi connectivity index (χ3v) is 4.54. The molecule has 1 aliphatic heterocycles. The molecule has 0 aliphatic carbocycles. The molecule has 28 heavy (non-hydrogen) atoms. The molecule has 1 fully saturated rings. The van der Waals surface area contributed by atoms with E-state index in [4.69, 9.17) is 14.2 Å². The summed E-state index contributed by atoms with van der Waals surface area (Å²) in [4.78, 5) is 24.7. The summed E-state index contributed by atoms with van der Waals surface area (Å²) >= 11 is 0. The van der Waals surface area contributed by atoms with E-state index in [1.807, 2.05) is 12.1 Å². The average molecular weight is 382 g/mol. The Bertz CT molecular complexity index is 861. The molecule has 146 valence electrons. The molecule has 2 amide bonds. The van der Waals surface area contributed by atoms with Crippen molar-refractivity contribution in [1.82, 2.24) is 10.6 Å². The second-order valence-corrected chi connectivity index (χ2v) is 6.31. The van der Waals surface area contributed by atoms with Crippen LogP contribution >= 0.6 is 0 Å². The van der Waals surface area contributed by atoms with Crippen LogP contribution < -0.4 is 20.1 Å². The number of carbonyl (C=O) groups excluding carboxylic acids is 2. The summed E-state index contributed by atoms with van der Waals surface area (Å²) in [7, 11) is 3.16. The minimum atomic E-state index is -0.760. The first-order valence-corrected chi connectivity index (χ1v) is 8.71. The van der Waals surface area contributed by atoms with Crippen LogP contribution in [-0.2, 0) is 16.1 Å². The molecule has 1 heterocycles. The van der Waals surface area contributed by atoms with Crippen LogP contribution in [0.25, 0.3) is 0 Å². The van der Waals surface area contributed by atoms with Gasteiger partial charge in [0.15, 0.2) is 0 Å². The van der Waals surface area contributed by atoms with Crippen LogP contribution in [0.5, 0.6) is 11.5 Å². The number of carbonyl (C=O) groups is 2. The van der Waals surface area contributed by atoms with Gasteiger partial charge in [0, 0.05) is 5.70 Å². The Kier molecular flexibility index (Phi) is 5.84. The molecule has 2 N–H and O–H groups in total. The Morgan fingerprint density at radius 3 is 2.14 bits per heavy atom. The molecule has 0 bridgehead atoms. The molecule has 2 aromatic rings. The zero-order valence-corrected chi connectivity index (χ0v) is 15.7. The molecule has 1 saturated heterocycles. The zero-order chi connectivity index (χ0) is 20.1. The molecule has 0 spiro atoms. The minimum Gasteiger partial charge on any atom is -0.497 e. The van der Waals surface area contributed by atoms with Gasteiger partial charge in [-0.15, -0.1) is 0 Å². The van der Waals surface area contributed by atoms with Gasteiger partial charge >= 0.3 is 12.0 Å². The van der Waals surface area contributed by atoms with Gasteiger partial charge in [0.2, 0.25) is 0 Å². The number of ether oxygens (including phenoxy) is 3. The van der Waals surface area contributed by atoms with Crippen LogP contribution in [0.4, 0.5) is 4.79 Å². The Hall–Kier alpha value is -3.48. The molecule has 7 heteroatoms. The van der Waals surface area contributed by atoms with Crippen LogP contribution in [0, 0.1) is 5.92 Å². The second kappa shape index (κ2) is 8.47. The van der Waals surface area contributed by atoms with Crippen LogP contribution in [0.1, 0.15) is 17.2 Å². The third kappa shape index (κ3) is 4.25. The average Bonchev–Trinajstić information content (AvgIpc) is 2.72. The van der Waals surface area contributed by atoms with Crippen molar-refractivity contribution < 1.29 is 23.8 Å². The quantitative estimate of drug-likeness (QED) is 0.751. The third-order valence-electron chi connectivity index (χ3n) is 4.54. The Morgan fingerprint density at radius 1 is 1.00 bits per heavy atom. The van der Waals surface area contributed by atoms with Crippen molar-refractivity contribution in [3.05, 3.63) is 71.9 Å². The number of esters is 1. The van der Waals surface area contributed by atoms with Crippen molar-refractivity contribution in [1.29, 1.82) is 0 Å². The highest BCUT2D eigenvalue weighted by Crippen LogP contribution is 2.31. The molecular formula is C21H22N2O5. The molecule has 3 rings (SSSR count). The van der Waals surface area contributed by atoms with Crippen molar-refractivity contribution in [2.24, 2.45) is 5.92 Å². The number of amides is 2. The maximum absolute atomic E-state index is 12.8. The largest absolute Gasteiger partial charge is 0.497 e. The lowest BCUT2D eigenvalue weighted by atomic mass is 9.89. The van der Waals surface area contributed by atoms with E-state index in [9.17, 15) is 9.59 Å². The van der Waals surface area contributed by atoms with E-state index in [0.29, 0.717) is 11.4 Å². The van der Waals surface area contributed by atoms with Crippen molar-refractivity contribution in [2.75, 3.05) is 14.2 Å². The molecule has 0 radical (unpaired) electrons. The van der Waals surface area contributed by atoms with E-state index >= 15 is 0 Å². The predicted octanol–water partition coefficient (Wildman–Crippen LogP) is 2.93. The molecule has 0 saturated carbocycles. The summed E-state index contributed by atoms with van der Waals surface area (Å²) in [5.41, 5.74) is 1.88. The maximum Gasteiger partial charge on any atom is 0.319 e. The van der Waals surface area contributed by atoms with Gasteiger partial charge in [0.25, 0.3) is 0 Å². The van der Waals surface area contributed by atoms with Crippen molar-refractivity contribution in [3.63, 3.8) is 0 Å². The Labute approximate surface area is 163 Å². The van der Waals surface area contributed by atoms with Gasteiger partial charge in [-0.25, -0.2) is 4.79 Å². The number of methoxy groups -OCH3 is 2. The molecule has 2 atom stereocenters. The highest BCUT2D eigenvalue weighted by molar-refractivity contribution is 5.85. The van der Waals surface area contributed by atoms with Gasteiger partial charge in [-0.2, -0.15) is 0 Å². The SMILES string of the molecule is C=C1NC(=O)NC(c2ccc(OC)cc2)C1C(=O)OCc1ccc(OC)cc1. The monoisotopic (exact) mass is 382 g/mol. The Balaban J connectivity index is 1.75. The molecule has 7 nitrogen and oxygen atoms in total. The van der Waals surface area contributed by atoms with Crippen molar-refractivity contribution >= 4 is 12.0 Å². The summed E-state index contributed by atoms with van der Waals surface area (Å²) in [5.74, 6) is 0.169. The lowest BCUT2D eigenvalue weighted by molar-refractivity contribution is -0.149. The summed E-state index contributed by atoms with van der Waals surface area (Å²) in [6.45, 7) is 3.95. The van der Waals surface area contributed by atoms with E-state index < -0.39 is 24.0 Å². The van der Waals surface area contributed by atoms with E-state index in [1.165, 1.54) is 0 Å². The van der Waals surface area contributed by atoms with Crippen LogP contribution in [0.2, 0.25) is 0 Å². The van der Waals surface area contributed by atoms with Crippen LogP contribution in [-0.4, -0.2) is 26.2 Å². The predicted molar refractivity (Wildman–Crippen MR) is 103 cm³/mol. The van der Waals surface area contributed by atoms with Crippen molar-refractivity contribution in [3.8, 4) is 11.5 Å². The smallest absolute Gasteiger partial charge is 0.319 e. The second-order valence-electron chi connectivity index (χ2n) is 6.31. The lowest BCUT2D eigenvalue weighted by Crippen LogP contribution is -2.51. The fraction of sp³-hybridized carbons (Fsp3) is 0.238. The number of nitrogens with one attached hydrogen (secondary N) is 2. The van der Waals surface area contributed by atoms with E-state index in [1.54, 1.807) is 50.6 Å². The van der Waals surface area contributed by atoms with Gasteiger partial charge in [-0.1, -0.05) is 30.8 Å². The van der Waals surface area contributed by atoms with Gasteiger partial charge in [0.05, 0.1) is 20.3 Å². The fourth-order valence-electron chi connectivity index (χ4n) is 3.02. The van der Waals surface area contributed by atoms with E-state index in [2.05, 4.69) is 17.2 Å². The van der Waals surface area contributed by atoms with Gasteiger partial charge in [-0.3, -0.25) is 4.79 Å². The van der Waals surface area contributed by atoms with Crippen LogP contribution in [0.15, 0.2) is 60.8 Å².